The van der Waals surface area contributed by atoms with Crippen LogP contribution in [0.1, 0.15) is 5.56 Å². The molecule has 2 aromatic carbocycles. The van der Waals surface area contributed by atoms with Gasteiger partial charge in [0.2, 0.25) is 5.91 Å². The van der Waals surface area contributed by atoms with Crippen LogP contribution in [0.5, 0.6) is 5.75 Å². The van der Waals surface area contributed by atoms with Crippen molar-refractivity contribution in [2.24, 2.45) is 0 Å². The number of anilines is 1. The summed E-state index contributed by atoms with van der Waals surface area (Å²) >= 11 is 0. The first-order chi connectivity index (χ1) is 13.9. The molecule has 0 spiro atoms. The Bertz CT molecular complexity index is 866. The predicted octanol–water partition coefficient (Wildman–Crippen LogP) is 2.43. The van der Waals surface area contributed by atoms with E-state index in [-0.39, 0.29) is 36.6 Å². The third kappa shape index (κ3) is 5.99. The van der Waals surface area contributed by atoms with Crippen molar-refractivity contribution in [2.75, 3.05) is 44.6 Å². The second-order valence-corrected chi connectivity index (χ2v) is 6.91. The van der Waals surface area contributed by atoms with Crippen molar-refractivity contribution in [3.05, 3.63) is 59.7 Å². The van der Waals surface area contributed by atoms with E-state index in [0.29, 0.717) is 43.2 Å². The summed E-state index contributed by atoms with van der Waals surface area (Å²) in [5.41, 5.74) is 0.942. The van der Waals surface area contributed by atoms with Crippen LogP contribution in [0.15, 0.2) is 42.5 Å². The smallest absolute Gasteiger partial charge is 0.260 e. The van der Waals surface area contributed by atoms with Gasteiger partial charge in [-0.1, -0.05) is 6.07 Å². The first-order valence-corrected chi connectivity index (χ1v) is 9.35. The minimum Gasteiger partial charge on any atom is -0.484 e. The van der Waals surface area contributed by atoms with Gasteiger partial charge in [0.1, 0.15) is 17.4 Å². The van der Waals surface area contributed by atoms with Gasteiger partial charge in [0.05, 0.1) is 6.54 Å². The molecule has 1 saturated heterocycles. The Morgan fingerprint density at radius 2 is 1.72 bits per heavy atom. The summed E-state index contributed by atoms with van der Waals surface area (Å²) in [5.74, 6) is -0.682. The first kappa shape index (κ1) is 20.7. The van der Waals surface area contributed by atoms with E-state index in [2.05, 4.69) is 5.32 Å². The average molecular weight is 403 g/mol. The van der Waals surface area contributed by atoms with Gasteiger partial charge in [-0.05, 0) is 48.9 Å². The third-order valence-electron chi connectivity index (χ3n) is 4.72. The molecule has 1 aliphatic rings. The highest BCUT2D eigenvalue weighted by molar-refractivity contribution is 5.92. The molecule has 8 heteroatoms. The Morgan fingerprint density at radius 1 is 1.03 bits per heavy atom. The standard InChI is InChI=1S/C21H23F2N3O3/c1-15-2-5-17(12-19(15)23)24-20(27)13-25-8-10-26(11-9-25)21(28)14-29-18-6-3-16(22)4-7-18/h2-7,12H,8-11,13-14H2,1H3,(H,24,27). The fourth-order valence-corrected chi connectivity index (χ4v) is 3.00. The van der Waals surface area contributed by atoms with Gasteiger partial charge in [-0.3, -0.25) is 14.5 Å². The van der Waals surface area contributed by atoms with Crippen LogP contribution in [0.25, 0.3) is 0 Å². The van der Waals surface area contributed by atoms with Crippen molar-refractivity contribution in [3.8, 4) is 5.75 Å². The van der Waals surface area contributed by atoms with Crippen molar-refractivity contribution >= 4 is 17.5 Å². The number of hydrogen-bond acceptors (Lipinski definition) is 4. The maximum atomic E-state index is 13.6. The number of nitrogens with zero attached hydrogens (tertiary/aromatic N) is 2. The molecular weight excluding hydrogens is 380 g/mol. The number of piperazine rings is 1. The van der Waals surface area contributed by atoms with Crippen molar-refractivity contribution in [1.29, 1.82) is 0 Å². The van der Waals surface area contributed by atoms with E-state index in [9.17, 15) is 18.4 Å². The number of nitrogens with one attached hydrogen (secondary N) is 1. The second-order valence-electron chi connectivity index (χ2n) is 6.91. The topological polar surface area (TPSA) is 61.9 Å². The van der Waals surface area contributed by atoms with Crippen molar-refractivity contribution in [3.63, 3.8) is 0 Å². The SMILES string of the molecule is Cc1ccc(NC(=O)CN2CCN(C(=O)COc3ccc(F)cc3)CC2)cc1F. The molecule has 0 bridgehead atoms. The van der Waals surface area contributed by atoms with Crippen molar-refractivity contribution < 1.29 is 23.1 Å². The van der Waals surface area contributed by atoms with Gasteiger partial charge in [-0.15, -0.1) is 0 Å². The molecule has 1 heterocycles. The number of carbonyl (C=O) groups is 2. The summed E-state index contributed by atoms with van der Waals surface area (Å²) in [5, 5.41) is 2.69. The molecule has 29 heavy (non-hydrogen) atoms. The number of carbonyl (C=O) groups excluding carboxylic acids is 2. The third-order valence-corrected chi connectivity index (χ3v) is 4.72. The summed E-state index contributed by atoms with van der Waals surface area (Å²) in [6.45, 7) is 3.78. The molecule has 3 rings (SSSR count). The zero-order valence-electron chi connectivity index (χ0n) is 16.2. The van der Waals surface area contributed by atoms with Gasteiger partial charge >= 0.3 is 0 Å². The maximum absolute atomic E-state index is 13.6. The molecule has 0 unspecified atom stereocenters. The van der Waals surface area contributed by atoms with E-state index in [0.717, 1.165) is 0 Å². The molecule has 2 aromatic rings. The molecule has 1 N–H and O–H groups in total. The van der Waals surface area contributed by atoms with Gasteiger partial charge in [0.15, 0.2) is 6.61 Å². The Morgan fingerprint density at radius 3 is 2.38 bits per heavy atom. The number of benzene rings is 2. The fraction of sp³-hybridized carbons (Fsp3) is 0.333. The summed E-state index contributed by atoms with van der Waals surface area (Å²) in [6, 6.07) is 10.1. The fourth-order valence-electron chi connectivity index (χ4n) is 3.00. The van der Waals surface area contributed by atoms with E-state index < -0.39 is 0 Å². The Balaban J connectivity index is 1.40. The van der Waals surface area contributed by atoms with Crippen molar-refractivity contribution in [1.82, 2.24) is 9.80 Å². The Kier molecular flexibility index (Phi) is 6.77. The van der Waals surface area contributed by atoms with Crippen LogP contribution < -0.4 is 10.1 Å². The summed E-state index contributed by atoms with van der Waals surface area (Å²) < 4.78 is 31.8. The number of amides is 2. The van der Waals surface area contributed by atoms with Crippen LogP contribution in [0.4, 0.5) is 14.5 Å². The van der Waals surface area contributed by atoms with E-state index in [1.165, 1.54) is 30.3 Å². The normalized spacial score (nSPS) is 14.5. The van der Waals surface area contributed by atoms with Crippen LogP contribution in [0.2, 0.25) is 0 Å². The zero-order chi connectivity index (χ0) is 20.8. The van der Waals surface area contributed by atoms with Gasteiger partial charge in [-0.25, -0.2) is 8.78 Å². The molecule has 6 nitrogen and oxygen atoms in total. The van der Waals surface area contributed by atoms with E-state index in [1.54, 1.807) is 24.0 Å². The number of halogens is 2. The largest absolute Gasteiger partial charge is 0.484 e. The summed E-state index contributed by atoms with van der Waals surface area (Å²) in [7, 11) is 0. The van der Waals surface area contributed by atoms with Crippen LogP contribution in [-0.2, 0) is 9.59 Å². The molecule has 0 atom stereocenters. The number of hydrogen-bond donors (Lipinski definition) is 1. The van der Waals surface area contributed by atoms with Crippen LogP contribution in [-0.4, -0.2) is 60.9 Å². The maximum Gasteiger partial charge on any atom is 0.260 e. The van der Waals surface area contributed by atoms with Crippen molar-refractivity contribution in [2.45, 2.75) is 6.92 Å². The second kappa shape index (κ2) is 9.47. The highest BCUT2D eigenvalue weighted by atomic mass is 19.1. The zero-order valence-corrected chi connectivity index (χ0v) is 16.2. The number of aryl methyl sites for hydroxylation is 1. The molecule has 0 radical (unpaired) electrons. The van der Waals surface area contributed by atoms with Crippen LogP contribution >= 0.6 is 0 Å². The van der Waals surface area contributed by atoms with Gasteiger partial charge in [0, 0.05) is 31.9 Å². The average Bonchev–Trinajstić information content (AvgIpc) is 2.70. The molecule has 154 valence electrons. The molecule has 1 fully saturated rings. The molecule has 0 saturated carbocycles. The van der Waals surface area contributed by atoms with Gasteiger partial charge in [-0.2, -0.15) is 0 Å². The van der Waals surface area contributed by atoms with Crippen LogP contribution in [0.3, 0.4) is 0 Å². The monoisotopic (exact) mass is 403 g/mol. The molecule has 1 aliphatic heterocycles. The molecular formula is C21H23F2N3O3. The lowest BCUT2D eigenvalue weighted by Gasteiger charge is -2.34. The van der Waals surface area contributed by atoms with Gasteiger partial charge in [0.25, 0.3) is 5.91 Å². The Labute approximate surface area is 168 Å². The summed E-state index contributed by atoms with van der Waals surface area (Å²) in [4.78, 5) is 28.0. The highest BCUT2D eigenvalue weighted by Crippen LogP contribution is 2.14. The summed E-state index contributed by atoms with van der Waals surface area (Å²) in [6.07, 6.45) is 0. The van der Waals surface area contributed by atoms with E-state index >= 15 is 0 Å². The van der Waals surface area contributed by atoms with Gasteiger partial charge < -0.3 is 15.0 Å². The minimum atomic E-state index is -0.364. The lowest BCUT2D eigenvalue weighted by Crippen LogP contribution is -2.51. The quantitative estimate of drug-likeness (QED) is 0.805. The molecule has 0 aromatic heterocycles. The van der Waals surface area contributed by atoms with E-state index in [1.807, 2.05) is 4.90 Å². The minimum absolute atomic E-state index is 0.120. The first-order valence-electron chi connectivity index (χ1n) is 9.35. The van der Waals surface area contributed by atoms with Crippen LogP contribution in [0, 0.1) is 18.6 Å². The lowest BCUT2D eigenvalue weighted by atomic mass is 10.2. The van der Waals surface area contributed by atoms with E-state index in [4.69, 9.17) is 4.74 Å². The Hall–Kier alpha value is -3.00. The molecule has 2 amide bonds. The molecule has 0 aliphatic carbocycles. The predicted molar refractivity (Wildman–Crippen MR) is 105 cm³/mol. The highest BCUT2D eigenvalue weighted by Gasteiger charge is 2.22. The number of ether oxygens (including phenoxy) is 1. The number of rotatable bonds is 6. The lowest BCUT2D eigenvalue weighted by molar-refractivity contribution is -0.135.